The first kappa shape index (κ1) is 15.2. The lowest BCUT2D eigenvalue weighted by Gasteiger charge is -2.33. The highest BCUT2D eigenvalue weighted by Gasteiger charge is 2.29. The summed E-state index contributed by atoms with van der Waals surface area (Å²) in [7, 11) is 1.96. The molecule has 5 heteroatoms. The van der Waals surface area contributed by atoms with E-state index in [9.17, 15) is 0 Å². The van der Waals surface area contributed by atoms with E-state index in [4.69, 9.17) is 27.9 Å². The van der Waals surface area contributed by atoms with Gasteiger partial charge in [-0.05, 0) is 37.4 Å². The van der Waals surface area contributed by atoms with Crippen LogP contribution in [0.4, 0.5) is 0 Å². The monoisotopic (exact) mass is 385 g/mol. The fourth-order valence-corrected chi connectivity index (χ4v) is 3.43. The van der Waals surface area contributed by atoms with Crippen LogP contribution >= 0.6 is 39.1 Å². The van der Waals surface area contributed by atoms with Gasteiger partial charge in [0, 0.05) is 38.1 Å². The van der Waals surface area contributed by atoms with Crippen LogP contribution in [0.2, 0.25) is 10.0 Å². The summed E-state index contributed by atoms with van der Waals surface area (Å²) < 4.78 is 7.15. The van der Waals surface area contributed by atoms with Crippen molar-refractivity contribution < 1.29 is 4.74 Å². The predicted molar refractivity (Wildman–Crippen MR) is 90.4 cm³/mol. The molecule has 0 bridgehead atoms. The van der Waals surface area contributed by atoms with Gasteiger partial charge in [0.25, 0.3) is 0 Å². The fraction of sp³-hybridized carbons (Fsp3) is 0.250. The van der Waals surface area contributed by atoms with Crippen molar-refractivity contribution in [1.82, 2.24) is 5.32 Å². The zero-order valence-electron chi connectivity index (χ0n) is 11.4. The Balaban J connectivity index is 2.01. The topological polar surface area (TPSA) is 21.3 Å². The summed E-state index contributed by atoms with van der Waals surface area (Å²) >= 11 is 15.9. The van der Waals surface area contributed by atoms with Gasteiger partial charge in [0.1, 0.15) is 11.9 Å². The SMILES string of the molecule is CNC1CC(c2cc(Cl)ccc2Cl)Oc2cc(Br)ccc21. The summed E-state index contributed by atoms with van der Waals surface area (Å²) in [6.07, 6.45) is 0.695. The van der Waals surface area contributed by atoms with Crippen LogP contribution < -0.4 is 10.1 Å². The Morgan fingerprint density at radius 3 is 2.71 bits per heavy atom. The molecule has 0 saturated heterocycles. The van der Waals surface area contributed by atoms with E-state index in [0.29, 0.717) is 10.0 Å². The average Bonchev–Trinajstić information content (AvgIpc) is 2.48. The predicted octanol–water partition coefficient (Wildman–Crippen LogP) is 5.54. The van der Waals surface area contributed by atoms with Crippen molar-refractivity contribution in [2.24, 2.45) is 0 Å². The second-order valence-electron chi connectivity index (χ2n) is 5.03. The smallest absolute Gasteiger partial charge is 0.127 e. The molecule has 0 amide bonds. The highest BCUT2D eigenvalue weighted by Crippen LogP contribution is 2.43. The van der Waals surface area contributed by atoms with Crippen molar-refractivity contribution in [1.29, 1.82) is 0 Å². The highest BCUT2D eigenvalue weighted by molar-refractivity contribution is 9.10. The third kappa shape index (κ3) is 3.07. The largest absolute Gasteiger partial charge is 0.485 e. The summed E-state index contributed by atoms with van der Waals surface area (Å²) in [5, 5.41) is 4.69. The van der Waals surface area contributed by atoms with Crippen molar-refractivity contribution in [2.45, 2.75) is 18.6 Å². The molecule has 1 aliphatic heterocycles. The molecule has 0 saturated carbocycles. The lowest BCUT2D eigenvalue weighted by Crippen LogP contribution is -2.26. The zero-order chi connectivity index (χ0) is 15.0. The quantitative estimate of drug-likeness (QED) is 0.731. The Labute approximate surface area is 142 Å². The molecule has 2 atom stereocenters. The molecular formula is C16H14BrCl2NO. The summed E-state index contributed by atoms with van der Waals surface area (Å²) in [6, 6.07) is 11.8. The Morgan fingerprint density at radius 1 is 1.14 bits per heavy atom. The van der Waals surface area contributed by atoms with E-state index in [-0.39, 0.29) is 12.1 Å². The van der Waals surface area contributed by atoms with Crippen LogP contribution in [0.25, 0.3) is 0 Å². The summed E-state index contributed by atoms with van der Waals surface area (Å²) in [5.74, 6) is 0.871. The van der Waals surface area contributed by atoms with E-state index in [1.807, 2.05) is 31.3 Å². The third-order valence-electron chi connectivity index (χ3n) is 3.72. The Morgan fingerprint density at radius 2 is 1.95 bits per heavy atom. The normalized spacial score (nSPS) is 20.8. The molecule has 2 unspecified atom stereocenters. The second-order valence-corrected chi connectivity index (χ2v) is 6.79. The van der Waals surface area contributed by atoms with Crippen LogP contribution in [0.1, 0.15) is 29.7 Å². The minimum Gasteiger partial charge on any atom is -0.485 e. The number of fused-ring (bicyclic) bond motifs is 1. The first-order chi connectivity index (χ1) is 10.1. The summed E-state index contributed by atoms with van der Waals surface area (Å²) in [5.41, 5.74) is 2.09. The average molecular weight is 387 g/mol. The van der Waals surface area contributed by atoms with Crippen LogP contribution in [0.15, 0.2) is 40.9 Å². The van der Waals surface area contributed by atoms with E-state index < -0.39 is 0 Å². The van der Waals surface area contributed by atoms with Gasteiger partial charge in [-0.25, -0.2) is 0 Å². The molecule has 1 heterocycles. The maximum Gasteiger partial charge on any atom is 0.127 e. The van der Waals surface area contributed by atoms with Gasteiger partial charge in [-0.15, -0.1) is 0 Å². The van der Waals surface area contributed by atoms with Crippen molar-refractivity contribution in [3.05, 3.63) is 62.0 Å². The van der Waals surface area contributed by atoms with Gasteiger partial charge in [-0.2, -0.15) is 0 Å². The molecule has 0 aromatic heterocycles. The Bertz CT molecular complexity index is 677. The number of ether oxygens (including phenoxy) is 1. The number of nitrogens with one attached hydrogen (secondary N) is 1. The zero-order valence-corrected chi connectivity index (χ0v) is 14.5. The number of rotatable bonds is 2. The number of hydrogen-bond donors (Lipinski definition) is 1. The highest BCUT2D eigenvalue weighted by atomic mass is 79.9. The third-order valence-corrected chi connectivity index (χ3v) is 4.80. The molecule has 1 aliphatic rings. The van der Waals surface area contributed by atoms with Gasteiger partial charge in [-0.3, -0.25) is 0 Å². The minimum atomic E-state index is -0.115. The molecule has 2 aromatic rings. The van der Waals surface area contributed by atoms with E-state index in [1.165, 1.54) is 0 Å². The fourth-order valence-electron chi connectivity index (χ4n) is 2.67. The van der Waals surface area contributed by atoms with Crippen LogP contribution in [0, 0.1) is 0 Å². The lowest BCUT2D eigenvalue weighted by atomic mass is 9.93. The minimum absolute atomic E-state index is 0.115. The molecule has 2 aromatic carbocycles. The van der Waals surface area contributed by atoms with Gasteiger partial charge < -0.3 is 10.1 Å². The van der Waals surface area contributed by atoms with Crippen molar-refractivity contribution in [3.8, 4) is 5.75 Å². The molecule has 0 spiro atoms. The van der Waals surface area contributed by atoms with E-state index >= 15 is 0 Å². The van der Waals surface area contributed by atoms with E-state index in [1.54, 1.807) is 6.07 Å². The maximum absolute atomic E-state index is 6.31. The van der Waals surface area contributed by atoms with Gasteiger partial charge in [-0.1, -0.05) is 45.2 Å². The molecular weight excluding hydrogens is 373 g/mol. The first-order valence-corrected chi connectivity index (χ1v) is 8.21. The molecule has 21 heavy (non-hydrogen) atoms. The molecule has 2 nitrogen and oxygen atoms in total. The molecule has 0 aliphatic carbocycles. The molecule has 110 valence electrons. The van der Waals surface area contributed by atoms with Crippen molar-refractivity contribution in [2.75, 3.05) is 7.05 Å². The van der Waals surface area contributed by atoms with Crippen molar-refractivity contribution >= 4 is 39.1 Å². The van der Waals surface area contributed by atoms with Gasteiger partial charge in [0.15, 0.2) is 0 Å². The number of halogens is 3. The van der Waals surface area contributed by atoms with Crippen LogP contribution in [-0.4, -0.2) is 7.05 Å². The Hall–Kier alpha value is -0.740. The van der Waals surface area contributed by atoms with Gasteiger partial charge in [0.05, 0.1) is 0 Å². The van der Waals surface area contributed by atoms with E-state index in [2.05, 4.69) is 27.3 Å². The molecule has 0 radical (unpaired) electrons. The molecule has 0 fully saturated rings. The van der Waals surface area contributed by atoms with E-state index in [0.717, 1.165) is 27.8 Å². The number of benzene rings is 2. The van der Waals surface area contributed by atoms with Crippen LogP contribution in [-0.2, 0) is 0 Å². The Kier molecular flexibility index (Phi) is 4.46. The number of hydrogen-bond acceptors (Lipinski definition) is 2. The lowest BCUT2D eigenvalue weighted by molar-refractivity contribution is 0.154. The van der Waals surface area contributed by atoms with Crippen LogP contribution in [0.3, 0.4) is 0 Å². The first-order valence-electron chi connectivity index (χ1n) is 6.67. The molecule has 3 rings (SSSR count). The maximum atomic E-state index is 6.31. The van der Waals surface area contributed by atoms with Gasteiger partial charge in [0.2, 0.25) is 0 Å². The second kappa shape index (κ2) is 6.17. The summed E-state index contributed by atoms with van der Waals surface area (Å²) in [6.45, 7) is 0. The summed E-state index contributed by atoms with van der Waals surface area (Å²) in [4.78, 5) is 0. The molecule has 1 N–H and O–H groups in total. The van der Waals surface area contributed by atoms with Crippen molar-refractivity contribution in [3.63, 3.8) is 0 Å². The van der Waals surface area contributed by atoms with Crippen LogP contribution in [0.5, 0.6) is 5.75 Å². The van der Waals surface area contributed by atoms with Gasteiger partial charge >= 0.3 is 0 Å². The standard InChI is InChI=1S/C16H14BrCl2NO/c1-20-14-8-16(12-7-10(18)3-5-13(12)19)21-15-6-9(17)2-4-11(14)15/h2-7,14,16,20H,8H2,1H3.